The van der Waals surface area contributed by atoms with Crippen LogP contribution in [0.3, 0.4) is 0 Å². The maximum atomic E-state index is 13.3. The first-order chi connectivity index (χ1) is 15.4. The molecule has 1 aliphatic heterocycles. The summed E-state index contributed by atoms with van der Waals surface area (Å²) < 4.78 is 51.6. The summed E-state index contributed by atoms with van der Waals surface area (Å²) in [6.07, 6.45) is 1.35. The lowest BCUT2D eigenvalue weighted by molar-refractivity contribution is 0.265. The molecule has 1 aliphatic rings. The number of nitrogens with zero attached hydrogens (tertiary/aromatic N) is 3. The average Bonchev–Trinajstić information content (AvgIpc) is 3.29. The highest BCUT2D eigenvalue weighted by atomic mass is 32.2. The molecule has 5 rings (SSSR count). The van der Waals surface area contributed by atoms with Gasteiger partial charge in [0, 0.05) is 30.1 Å². The van der Waals surface area contributed by atoms with Crippen LogP contribution < -0.4 is 5.63 Å². The molecule has 32 heavy (non-hydrogen) atoms. The molecule has 0 saturated carbocycles. The van der Waals surface area contributed by atoms with Gasteiger partial charge in [0.1, 0.15) is 11.4 Å². The largest absolute Gasteiger partial charge is 0.423 e. The first kappa shape index (κ1) is 20.5. The highest BCUT2D eigenvalue weighted by Crippen LogP contribution is 2.31. The van der Waals surface area contributed by atoms with E-state index in [0.717, 1.165) is 0 Å². The van der Waals surface area contributed by atoms with Crippen LogP contribution >= 0.6 is 0 Å². The van der Waals surface area contributed by atoms with Crippen molar-refractivity contribution in [1.29, 1.82) is 0 Å². The molecule has 0 spiro atoms. The van der Waals surface area contributed by atoms with Gasteiger partial charge < -0.3 is 8.94 Å². The molecule has 1 saturated heterocycles. The molecule has 0 N–H and O–H groups in total. The highest BCUT2D eigenvalue weighted by Gasteiger charge is 2.33. The molecule has 164 valence electrons. The van der Waals surface area contributed by atoms with Gasteiger partial charge in [-0.25, -0.2) is 17.6 Å². The minimum absolute atomic E-state index is 0.122. The quantitative estimate of drug-likeness (QED) is 0.433. The number of hydrogen-bond donors (Lipinski definition) is 0. The number of halogens is 1. The number of fused-ring (bicyclic) bond motifs is 1. The molecule has 1 fully saturated rings. The standard InChI is InChI=1S/C22H18FN3O5S/c23-17-6-3-14(4-7-17)21-24-22(31-25-21)16-2-1-11-26(13-16)32(28,29)18-8-9-19-15(12-18)5-10-20(27)30-19/h3-10,12,16H,1-2,11,13H2. The van der Waals surface area contributed by atoms with Gasteiger partial charge in [-0.3, -0.25) is 0 Å². The summed E-state index contributed by atoms with van der Waals surface area (Å²) in [6, 6.07) is 13.0. The van der Waals surface area contributed by atoms with Gasteiger partial charge in [0.2, 0.25) is 21.7 Å². The topological polar surface area (TPSA) is 107 Å². The van der Waals surface area contributed by atoms with Gasteiger partial charge >= 0.3 is 5.63 Å². The summed E-state index contributed by atoms with van der Waals surface area (Å²) in [5.41, 5.74) is 0.447. The van der Waals surface area contributed by atoms with Crippen LogP contribution in [0, 0.1) is 5.82 Å². The Morgan fingerprint density at radius 2 is 1.88 bits per heavy atom. The van der Waals surface area contributed by atoms with E-state index in [4.69, 9.17) is 8.94 Å². The van der Waals surface area contributed by atoms with Crippen LogP contribution in [0.5, 0.6) is 0 Å². The fraction of sp³-hybridized carbons (Fsp3) is 0.227. The Hall–Kier alpha value is -3.37. The lowest BCUT2D eigenvalue weighted by Crippen LogP contribution is -2.39. The molecular weight excluding hydrogens is 437 g/mol. The fourth-order valence-electron chi connectivity index (χ4n) is 3.84. The summed E-state index contributed by atoms with van der Waals surface area (Å²) in [7, 11) is -3.77. The van der Waals surface area contributed by atoms with Crippen molar-refractivity contribution in [2.45, 2.75) is 23.7 Å². The average molecular weight is 455 g/mol. The Balaban J connectivity index is 1.39. The number of sulfonamides is 1. The van der Waals surface area contributed by atoms with Gasteiger partial charge in [0.05, 0.1) is 10.8 Å². The van der Waals surface area contributed by atoms with E-state index in [0.29, 0.717) is 47.6 Å². The van der Waals surface area contributed by atoms with Crippen molar-refractivity contribution in [2.24, 2.45) is 0 Å². The smallest absolute Gasteiger partial charge is 0.336 e. The Morgan fingerprint density at radius 1 is 1.06 bits per heavy atom. The second-order valence-electron chi connectivity index (χ2n) is 7.62. The zero-order chi connectivity index (χ0) is 22.3. The van der Waals surface area contributed by atoms with Gasteiger partial charge in [-0.15, -0.1) is 0 Å². The molecule has 4 aromatic rings. The maximum absolute atomic E-state index is 13.3. The minimum atomic E-state index is -3.77. The number of hydrogen-bond acceptors (Lipinski definition) is 7. The third-order valence-corrected chi connectivity index (χ3v) is 7.37. The molecule has 1 atom stereocenters. The second kappa shape index (κ2) is 7.95. The molecule has 0 bridgehead atoms. The fourth-order valence-corrected chi connectivity index (χ4v) is 5.40. The molecule has 10 heteroatoms. The summed E-state index contributed by atoms with van der Waals surface area (Å²) in [4.78, 5) is 15.9. The van der Waals surface area contributed by atoms with Crippen molar-refractivity contribution >= 4 is 21.0 Å². The van der Waals surface area contributed by atoms with Crippen molar-refractivity contribution in [3.05, 3.63) is 76.7 Å². The van der Waals surface area contributed by atoms with Crippen LogP contribution in [0.1, 0.15) is 24.7 Å². The maximum Gasteiger partial charge on any atom is 0.336 e. The lowest BCUT2D eigenvalue weighted by Gasteiger charge is -2.30. The lowest BCUT2D eigenvalue weighted by atomic mass is 10.00. The predicted octanol–water partition coefficient (Wildman–Crippen LogP) is 3.55. The summed E-state index contributed by atoms with van der Waals surface area (Å²) >= 11 is 0. The minimum Gasteiger partial charge on any atom is -0.423 e. The van der Waals surface area contributed by atoms with Gasteiger partial charge in [0.15, 0.2) is 0 Å². The zero-order valence-electron chi connectivity index (χ0n) is 16.8. The molecule has 3 heterocycles. The van der Waals surface area contributed by atoms with E-state index in [1.807, 2.05) is 0 Å². The van der Waals surface area contributed by atoms with Crippen LogP contribution in [0.4, 0.5) is 4.39 Å². The van der Waals surface area contributed by atoms with Crippen molar-refractivity contribution < 1.29 is 21.7 Å². The van der Waals surface area contributed by atoms with E-state index in [1.165, 1.54) is 46.8 Å². The normalized spacial score (nSPS) is 17.6. The number of rotatable bonds is 4. The molecule has 1 unspecified atom stereocenters. The first-order valence-electron chi connectivity index (χ1n) is 10.0. The van der Waals surface area contributed by atoms with Gasteiger partial charge in [-0.1, -0.05) is 5.16 Å². The summed E-state index contributed by atoms with van der Waals surface area (Å²) in [5, 5.41) is 4.49. The van der Waals surface area contributed by atoms with Crippen LogP contribution in [0.25, 0.3) is 22.4 Å². The van der Waals surface area contributed by atoms with Crippen molar-refractivity contribution in [1.82, 2.24) is 14.4 Å². The highest BCUT2D eigenvalue weighted by molar-refractivity contribution is 7.89. The molecule has 2 aromatic heterocycles. The van der Waals surface area contributed by atoms with Crippen molar-refractivity contribution in [3.63, 3.8) is 0 Å². The molecule has 8 nitrogen and oxygen atoms in total. The number of aromatic nitrogens is 2. The van der Waals surface area contributed by atoms with Crippen LogP contribution in [0.15, 0.2) is 73.2 Å². The molecule has 2 aromatic carbocycles. The van der Waals surface area contributed by atoms with Crippen LogP contribution in [0.2, 0.25) is 0 Å². The number of benzene rings is 2. The van der Waals surface area contributed by atoms with Crippen molar-refractivity contribution in [3.8, 4) is 11.4 Å². The SMILES string of the molecule is O=c1ccc2cc(S(=O)(=O)N3CCCC(c4nc(-c5ccc(F)cc5)no4)C3)ccc2o1. The van der Waals surface area contributed by atoms with Gasteiger partial charge in [-0.2, -0.15) is 9.29 Å². The molecule has 0 aliphatic carbocycles. The molecule has 0 radical (unpaired) electrons. The van der Waals surface area contributed by atoms with E-state index in [1.54, 1.807) is 12.1 Å². The second-order valence-corrected chi connectivity index (χ2v) is 9.56. The van der Waals surface area contributed by atoms with Crippen molar-refractivity contribution in [2.75, 3.05) is 13.1 Å². The van der Waals surface area contributed by atoms with Crippen LogP contribution in [-0.4, -0.2) is 36.0 Å². The Morgan fingerprint density at radius 3 is 2.69 bits per heavy atom. The van der Waals surface area contributed by atoms with E-state index >= 15 is 0 Å². The predicted molar refractivity (Wildman–Crippen MR) is 113 cm³/mol. The van der Waals surface area contributed by atoms with E-state index in [9.17, 15) is 17.6 Å². The van der Waals surface area contributed by atoms with Gasteiger partial charge in [-0.05, 0) is 61.4 Å². The molecular formula is C22H18FN3O5S. The molecule has 0 amide bonds. The Labute approximate surface area is 182 Å². The number of piperidine rings is 1. The summed E-state index contributed by atoms with van der Waals surface area (Å²) in [5.74, 6) is 0.0700. The Bertz CT molecular complexity index is 1450. The summed E-state index contributed by atoms with van der Waals surface area (Å²) in [6.45, 7) is 0.578. The van der Waals surface area contributed by atoms with E-state index in [2.05, 4.69) is 10.1 Å². The first-order valence-corrected chi connectivity index (χ1v) is 11.5. The third-order valence-electron chi connectivity index (χ3n) is 5.51. The van der Waals surface area contributed by atoms with E-state index in [-0.39, 0.29) is 23.2 Å². The Kier molecular flexibility index (Phi) is 5.10. The third kappa shape index (κ3) is 3.82. The monoisotopic (exact) mass is 455 g/mol. The van der Waals surface area contributed by atoms with Gasteiger partial charge in [0.25, 0.3) is 0 Å². The zero-order valence-corrected chi connectivity index (χ0v) is 17.6. The van der Waals surface area contributed by atoms with E-state index < -0.39 is 15.6 Å². The van der Waals surface area contributed by atoms with Crippen LogP contribution in [-0.2, 0) is 10.0 Å².